The summed E-state index contributed by atoms with van der Waals surface area (Å²) in [5, 5.41) is 8.56. The van der Waals surface area contributed by atoms with E-state index < -0.39 is 5.97 Å². The minimum atomic E-state index is -0.678. The summed E-state index contributed by atoms with van der Waals surface area (Å²) in [5.41, 5.74) is 0.623. The van der Waals surface area contributed by atoms with Gasteiger partial charge in [-0.2, -0.15) is 0 Å². The van der Waals surface area contributed by atoms with Crippen LogP contribution in [0.2, 0.25) is 0 Å². The molecule has 4 nitrogen and oxygen atoms in total. The predicted octanol–water partition coefficient (Wildman–Crippen LogP) is 6.39. The number of carbonyl (C=O) groups excluding carboxylic acids is 1. The molecule has 0 aromatic heterocycles. The third kappa shape index (κ3) is 14.0. The Kier molecular flexibility index (Phi) is 14.0. The Morgan fingerprint density at radius 2 is 1.11 bits per heavy atom. The highest BCUT2D eigenvalue weighted by Gasteiger charge is 2.04. The normalized spacial score (nSPS) is 10.7. The summed E-state index contributed by atoms with van der Waals surface area (Å²) in [6, 6.07) is 9.14. The minimum Gasteiger partial charge on any atom is -0.481 e. The quantitative estimate of drug-likeness (QED) is 0.253. The van der Waals surface area contributed by atoms with Crippen molar-refractivity contribution in [2.75, 3.05) is 6.61 Å². The van der Waals surface area contributed by atoms with Gasteiger partial charge < -0.3 is 9.84 Å². The van der Waals surface area contributed by atoms with E-state index in [9.17, 15) is 9.59 Å². The summed E-state index contributed by atoms with van der Waals surface area (Å²) >= 11 is 0. The molecular weight excluding hydrogens is 340 g/mol. The van der Waals surface area contributed by atoms with Crippen molar-refractivity contribution >= 4 is 11.9 Å². The molecule has 0 radical (unpaired) electrons. The number of carbonyl (C=O) groups is 2. The highest BCUT2D eigenvalue weighted by molar-refractivity contribution is 5.89. The lowest BCUT2D eigenvalue weighted by molar-refractivity contribution is -0.137. The van der Waals surface area contributed by atoms with Gasteiger partial charge in [0.2, 0.25) is 0 Å². The first-order valence-corrected chi connectivity index (χ1v) is 10.6. The van der Waals surface area contributed by atoms with Crippen molar-refractivity contribution in [1.82, 2.24) is 0 Å². The van der Waals surface area contributed by atoms with Crippen molar-refractivity contribution in [2.24, 2.45) is 0 Å². The summed E-state index contributed by atoms with van der Waals surface area (Å²) < 4.78 is 5.28. The fraction of sp³-hybridized carbons (Fsp3) is 0.652. The summed E-state index contributed by atoms with van der Waals surface area (Å²) in [4.78, 5) is 22.2. The van der Waals surface area contributed by atoms with Crippen molar-refractivity contribution in [3.8, 4) is 0 Å². The summed E-state index contributed by atoms with van der Waals surface area (Å²) in [6.07, 6.45) is 15.6. The zero-order valence-electron chi connectivity index (χ0n) is 16.7. The molecule has 0 fully saturated rings. The van der Waals surface area contributed by atoms with Crippen LogP contribution in [0, 0.1) is 0 Å². The number of rotatable bonds is 17. The van der Waals surface area contributed by atoms with E-state index in [2.05, 4.69) is 0 Å². The van der Waals surface area contributed by atoms with E-state index in [1.807, 2.05) is 18.2 Å². The summed E-state index contributed by atoms with van der Waals surface area (Å²) in [7, 11) is 0. The summed E-state index contributed by atoms with van der Waals surface area (Å²) in [6.45, 7) is 0.514. The van der Waals surface area contributed by atoms with Crippen LogP contribution in [0.4, 0.5) is 0 Å². The molecule has 0 heterocycles. The van der Waals surface area contributed by atoms with Crippen molar-refractivity contribution in [1.29, 1.82) is 0 Å². The molecule has 1 N–H and O–H groups in total. The third-order valence-corrected chi connectivity index (χ3v) is 4.78. The first kappa shape index (κ1) is 23.2. The van der Waals surface area contributed by atoms with Gasteiger partial charge in [0.15, 0.2) is 0 Å². The highest BCUT2D eigenvalue weighted by atomic mass is 16.5. The van der Waals surface area contributed by atoms with Gasteiger partial charge in [-0.25, -0.2) is 4.79 Å². The van der Waals surface area contributed by atoms with Crippen molar-refractivity contribution < 1.29 is 19.4 Å². The van der Waals surface area contributed by atoms with Crippen LogP contribution in [0.3, 0.4) is 0 Å². The number of ether oxygens (including phenoxy) is 1. The zero-order valence-corrected chi connectivity index (χ0v) is 16.7. The first-order valence-electron chi connectivity index (χ1n) is 10.6. The average Bonchev–Trinajstić information content (AvgIpc) is 2.68. The fourth-order valence-electron chi connectivity index (χ4n) is 3.15. The van der Waals surface area contributed by atoms with Crippen molar-refractivity contribution in [3.63, 3.8) is 0 Å². The van der Waals surface area contributed by atoms with Gasteiger partial charge in [-0.15, -0.1) is 0 Å². The molecule has 0 amide bonds. The number of carboxylic acid groups (broad SMARTS) is 1. The number of carboxylic acids is 1. The second-order valence-corrected chi connectivity index (χ2v) is 7.24. The number of hydrogen-bond donors (Lipinski definition) is 1. The number of hydrogen-bond acceptors (Lipinski definition) is 3. The van der Waals surface area contributed by atoms with Crippen LogP contribution in [0.1, 0.15) is 100 Å². The topological polar surface area (TPSA) is 63.6 Å². The van der Waals surface area contributed by atoms with Gasteiger partial charge in [0.05, 0.1) is 12.2 Å². The van der Waals surface area contributed by atoms with Crippen LogP contribution in [0.5, 0.6) is 0 Å². The molecule has 0 aliphatic heterocycles. The second-order valence-electron chi connectivity index (χ2n) is 7.24. The van der Waals surface area contributed by atoms with E-state index in [0.29, 0.717) is 18.6 Å². The van der Waals surface area contributed by atoms with E-state index >= 15 is 0 Å². The Labute approximate surface area is 164 Å². The van der Waals surface area contributed by atoms with Crippen LogP contribution in [0.25, 0.3) is 0 Å². The lowest BCUT2D eigenvalue weighted by Gasteiger charge is -2.05. The second kappa shape index (κ2) is 16.3. The molecule has 1 aromatic carbocycles. The Balaban J connectivity index is 1.77. The predicted molar refractivity (Wildman–Crippen MR) is 109 cm³/mol. The summed E-state index contributed by atoms with van der Waals surface area (Å²) in [5.74, 6) is -0.902. The molecule has 0 spiro atoms. The van der Waals surface area contributed by atoms with E-state index in [-0.39, 0.29) is 5.97 Å². The number of benzene rings is 1. The van der Waals surface area contributed by atoms with Gasteiger partial charge in [0.25, 0.3) is 0 Å². The molecule has 152 valence electrons. The van der Waals surface area contributed by atoms with Gasteiger partial charge in [0, 0.05) is 6.42 Å². The molecule has 0 saturated carbocycles. The van der Waals surface area contributed by atoms with E-state index in [1.165, 1.54) is 57.8 Å². The van der Waals surface area contributed by atoms with Crippen molar-refractivity contribution in [2.45, 2.75) is 89.9 Å². The monoisotopic (exact) mass is 376 g/mol. The maximum absolute atomic E-state index is 11.8. The molecule has 1 aromatic rings. The van der Waals surface area contributed by atoms with Gasteiger partial charge in [0.1, 0.15) is 0 Å². The van der Waals surface area contributed by atoms with Crippen LogP contribution in [-0.2, 0) is 9.53 Å². The molecule has 4 heteroatoms. The van der Waals surface area contributed by atoms with E-state index in [4.69, 9.17) is 9.84 Å². The van der Waals surface area contributed by atoms with Gasteiger partial charge in [-0.1, -0.05) is 88.8 Å². The Morgan fingerprint density at radius 1 is 0.667 bits per heavy atom. The Hall–Kier alpha value is -1.84. The maximum Gasteiger partial charge on any atom is 0.338 e. The number of unbranched alkanes of at least 4 members (excludes halogenated alkanes) is 12. The van der Waals surface area contributed by atoms with Gasteiger partial charge >= 0.3 is 11.9 Å². The fourth-order valence-corrected chi connectivity index (χ4v) is 3.15. The van der Waals surface area contributed by atoms with Gasteiger partial charge in [-0.3, -0.25) is 4.79 Å². The third-order valence-electron chi connectivity index (χ3n) is 4.78. The smallest absolute Gasteiger partial charge is 0.338 e. The molecule has 0 aliphatic rings. The Bertz CT molecular complexity index is 498. The maximum atomic E-state index is 11.8. The first-order chi connectivity index (χ1) is 13.2. The molecule has 0 bridgehead atoms. The minimum absolute atomic E-state index is 0.225. The van der Waals surface area contributed by atoms with Crippen LogP contribution in [0.15, 0.2) is 30.3 Å². The standard InChI is InChI=1S/C23H36O4/c24-22(25)19-15-10-8-6-4-2-1-3-5-7-9-11-16-20-27-23(26)21-17-13-12-14-18-21/h12-14,17-18H,1-11,15-16,19-20H2,(H,24,25). The van der Waals surface area contributed by atoms with Crippen LogP contribution >= 0.6 is 0 Å². The molecular formula is C23H36O4. The number of aliphatic carboxylic acids is 1. The molecule has 0 atom stereocenters. The lowest BCUT2D eigenvalue weighted by Crippen LogP contribution is -2.06. The largest absolute Gasteiger partial charge is 0.481 e. The van der Waals surface area contributed by atoms with E-state index in [0.717, 1.165) is 25.7 Å². The molecule has 0 unspecified atom stereocenters. The molecule has 27 heavy (non-hydrogen) atoms. The average molecular weight is 377 g/mol. The SMILES string of the molecule is O=C(O)CCCCCCCCCCCCCCCOC(=O)c1ccccc1. The van der Waals surface area contributed by atoms with Crippen LogP contribution < -0.4 is 0 Å². The van der Waals surface area contributed by atoms with Crippen molar-refractivity contribution in [3.05, 3.63) is 35.9 Å². The van der Waals surface area contributed by atoms with Crippen LogP contribution in [-0.4, -0.2) is 23.7 Å². The molecule has 1 rings (SSSR count). The lowest BCUT2D eigenvalue weighted by atomic mass is 10.0. The molecule has 0 aliphatic carbocycles. The Morgan fingerprint density at radius 3 is 1.59 bits per heavy atom. The number of esters is 1. The highest BCUT2D eigenvalue weighted by Crippen LogP contribution is 2.13. The van der Waals surface area contributed by atoms with Gasteiger partial charge in [-0.05, 0) is 25.0 Å². The molecule has 0 saturated heterocycles. The zero-order chi connectivity index (χ0) is 19.6. The van der Waals surface area contributed by atoms with E-state index in [1.54, 1.807) is 12.1 Å².